The van der Waals surface area contributed by atoms with Gasteiger partial charge >= 0.3 is 11.6 Å². The van der Waals surface area contributed by atoms with Gasteiger partial charge in [-0.3, -0.25) is 10.1 Å². The smallest absolute Gasteiger partial charge is 0.353 e. The van der Waals surface area contributed by atoms with Gasteiger partial charge in [-0.25, -0.2) is 4.68 Å². The van der Waals surface area contributed by atoms with Crippen LogP contribution in [0.3, 0.4) is 0 Å². The summed E-state index contributed by atoms with van der Waals surface area (Å²) in [5, 5.41) is 23.3. The van der Waals surface area contributed by atoms with Crippen molar-refractivity contribution in [2.24, 2.45) is 0 Å². The number of hydrogen-bond acceptors (Lipinski definition) is 7. The minimum Gasteiger partial charge on any atom is -0.472 e. The molecule has 0 saturated heterocycles. The normalized spacial score (nSPS) is 12.2. The third kappa shape index (κ3) is 4.86. The van der Waals surface area contributed by atoms with E-state index in [2.05, 4.69) is 49.2 Å². The number of halogens is 1. The highest BCUT2D eigenvalue weighted by Gasteiger charge is 2.36. The van der Waals surface area contributed by atoms with E-state index in [0.29, 0.717) is 24.4 Å². The van der Waals surface area contributed by atoms with Crippen molar-refractivity contribution in [2.45, 2.75) is 52.2 Å². The van der Waals surface area contributed by atoms with Crippen LogP contribution in [0.25, 0.3) is 5.69 Å². The van der Waals surface area contributed by atoms with E-state index < -0.39 is 13.2 Å². The fraction of sp³-hybridized carbons (Fsp3) is 0.588. The summed E-state index contributed by atoms with van der Waals surface area (Å²) in [5.41, 5.74) is 0.499. The van der Waals surface area contributed by atoms with Crippen LogP contribution in [-0.4, -0.2) is 46.4 Å². The summed E-state index contributed by atoms with van der Waals surface area (Å²) in [5.74, 6) is -0.0531. The summed E-state index contributed by atoms with van der Waals surface area (Å²) in [6, 6.07) is 1.58. The second-order valence-corrected chi connectivity index (χ2v) is 13.1. The molecular weight excluding hydrogens is 402 g/mol. The van der Waals surface area contributed by atoms with Gasteiger partial charge in [0.25, 0.3) is 0 Å². The first-order chi connectivity index (χ1) is 13.0. The molecule has 0 radical (unpaired) electrons. The molecule has 0 amide bonds. The van der Waals surface area contributed by atoms with Gasteiger partial charge in [0.2, 0.25) is 0 Å². The van der Waals surface area contributed by atoms with E-state index in [0.717, 1.165) is 0 Å². The largest absolute Gasteiger partial charge is 0.472 e. The Kier molecular flexibility index (Phi) is 6.78. The predicted octanol–water partition coefficient (Wildman–Crippen LogP) is 4.32. The summed E-state index contributed by atoms with van der Waals surface area (Å²) in [7, 11) is -1.83. The van der Waals surface area contributed by atoms with Gasteiger partial charge in [0.1, 0.15) is 11.4 Å². The Bertz CT molecular complexity index is 851. The Hall–Kier alpha value is -2.04. The average Bonchev–Trinajstić information content (AvgIpc) is 2.90. The number of nitrogens with zero attached hydrogens (tertiary/aromatic N) is 5. The van der Waals surface area contributed by atoms with Gasteiger partial charge in [0.15, 0.2) is 13.5 Å². The fourth-order valence-electron chi connectivity index (χ4n) is 2.25. The maximum atomic E-state index is 11.5. The second kappa shape index (κ2) is 8.54. The zero-order chi connectivity index (χ0) is 21.1. The van der Waals surface area contributed by atoms with Crippen molar-refractivity contribution in [2.75, 3.05) is 13.2 Å². The van der Waals surface area contributed by atoms with Crippen LogP contribution in [0.1, 0.15) is 32.9 Å². The zero-order valence-corrected chi connectivity index (χ0v) is 18.8. The molecule has 0 fully saturated rings. The lowest BCUT2D eigenvalue weighted by molar-refractivity contribution is -0.386. The molecule has 2 aromatic heterocycles. The van der Waals surface area contributed by atoms with Crippen LogP contribution in [0.5, 0.6) is 5.88 Å². The predicted molar refractivity (Wildman–Crippen MR) is 109 cm³/mol. The molecule has 0 aromatic carbocycles. The van der Waals surface area contributed by atoms with E-state index >= 15 is 0 Å². The number of ether oxygens (including phenoxy) is 1. The monoisotopic (exact) mass is 427 g/mol. The maximum absolute atomic E-state index is 11.5. The summed E-state index contributed by atoms with van der Waals surface area (Å²) in [4.78, 5) is 11.0. The Labute approximate surface area is 170 Å². The Morgan fingerprint density at radius 2 is 2.00 bits per heavy atom. The number of nitro groups is 1. The van der Waals surface area contributed by atoms with Crippen molar-refractivity contribution in [3.05, 3.63) is 33.2 Å². The quantitative estimate of drug-likeness (QED) is 0.267. The van der Waals surface area contributed by atoms with Crippen molar-refractivity contribution in [1.29, 1.82) is 0 Å². The molecule has 154 valence electrons. The molecule has 28 heavy (non-hydrogen) atoms. The second-order valence-electron chi connectivity index (χ2n) is 7.93. The molecule has 0 saturated carbocycles. The molecule has 0 aliphatic carbocycles. The van der Waals surface area contributed by atoms with Crippen molar-refractivity contribution < 1.29 is 14.1 Å². The van der Waals surface area contributed by atoms with Crippen LogP contribution >= 0.6 is 11.6 Å². The number of hydrogen-bond donors (Lipinski definition) is 0. The first-order valence-corrected chi connectivity index (χ1v) is 12.2. The lowest BCUT2D eigenvalue weighted by Gasteiger charge is -2.36. The summed E-state index contributed by atoms with van der Waals surface area (Å²) in [6.07, 6.45) is 2.04. The molecule has 0 N–H and O–H groups in total. The summed E-state index contributed by atoms with van der Waals surface area (Å²) >= 11 is 6.04. The van der Waals surface area contributed by atoms with Crippen LogP contribution in [0.15, 0.2) is 12.3 Å². The molecule has 0 spiro atoms. The molecule has 0 aliphatic heterocycles. The van der Waals surface area contributed by atoms with Gasteiger partial charge in [-0.1, -0.05) is 32.4 Å². The summed E-state index contributed by atoms with van der Waals surface area (Å²) < 4.78 is 13.0. The van der Waals surface area contributed by atoms with Gasteiger partial charge in [0, 0.05) is 13.0 Å². The first kappa shape index (κ1) is 22.2. The van der Waals surface area contributed by atoms with Crippen LogP contribution in [0.4, 0.5) is 5.69 Å². The third-order valence-corrected chi connectivity index (χ3v) is 9.72. The Morgan fingerprint density at radius 1 is 1.32 bits per heavy atom. The lowest BCUT2D eigenvalue weighted by Crippen LogP contribution is -2.41. The van der Waals surface area contributed by atoms with E-state index in [1.165, 1.54) is 10.9 Å². The van der Waals surface area contributed by atoms with Gasteiger partial charge in [-0.05, 0) is 31.1 Å². The van der Waals surface area contributed by atoms with Crippen LogP contribution in [0, 0.1) is 17.0 Å². The van der Waals surface area contributed by atoms with Gasteiger partial charge in [-0.2, -0.15) is 5.10 Å². The molecular formula is C17H26ClN5O4Si. The third-order valence-electron chi connectivity index (χ3n) is 4.92. The van der Waals surface area contributed by atoms with E-state index in [1.807, 2.05) is 0 Å². The molecule has 0 unspecified atom stereocenters. The molecule has 11 heteroatoms. The minimum atomic E-state index is -1.83. The van der Waals surface area contributed by atoms with E-state index in [1.54, 1.807) is 13.0 Å². The number of rotatable bonds is 8. The standard InChI is InChI=1S/C17H26ClN5O4Si/c1-12-14(23(24)25)16(21-22(12)13-8-9-19-20-15(13)18)26-10-7-11-27-28(5,6)17(2,3)4/h8-9H,7,10-11H2,1-6H3. The van der Waals surface area contributed by atoms with Crippen LogP contribution in [0.2, 0.25) is 23.3 Å². The Morgan fingerprint density at radius 3 is 2.57 bits per heavy atom. The summed E-state index contributed by atoms with van der Waals surface area (Å²) in [6.45, 7) is 13.2. The van der Waals surface area contributed by atoms with Crippen molar-refractivity contribution in [3.63, 3.8) is 0 Å². The highest BCUT2D eigenvalue weighted by atomic mass is 35.5. The molecule has 2 aromatic rings. The molecule has 2 heterocycles. The van der Waals surface area contributed by atoms with E-state index in [9.17, 15) is 10.1 Å². The highest BCUT2D eigenvalue weighted by Crippen LogP contribution is 2.36. The van der Waals surface area contributed by atoms with Crippen LogP contribution in [-0.2, 0) is 4.43 Å². The van der Waals surface area contributed by atoms with Gasteiger partial charge in [-0.15, -0.1) is 10.2 Å². The molecule has 0 bridgehead atoms. The van der Waals surface area contributed by atoms with Crippen molar-refractivity contribution in [3.8, 4) is 11.6 Å². The Balaban J connectivity index is 2.09. The van der Waals surface area contributed by atoms with Crippen molar-refractivity contribution in [1.82, 2.24) is 20.0 Å². The molecule has 2 rings (SSSR count). The highest BCUT2D eigenvalue weighted by molar-refractivity contribution is 6.74. The number of aromatic nitrogens is 4. The molecule has 9 nitrogen and oxygen atoms in total. The van der Waals surface area contributed by atoms with E-state index in [-0.39, 0.29) is 28.4 Å². The molecule has 0 aliphatic rings. The maximum Gasteiger partial charge on any atom is 0.353 e. The van der Waals surface area contributed by atoms with Gasteiger partial charge < -0.3 is 9.16 Å². The first-order valence-electron chi connectivity index (χ1n) is 8.94. The average molecular weight is 428 g/mol. The SMILES string of the molecule is Cc1c([N+](=O)[O-])c(OCCCO[Si](C)(C)C(C)(C)C)nn1-c1ccnnc1Cl. The molecule has 0 atom stereocenters. The topological polar surface area (TPSA) is 105 Å². The van der Waals surface area contributed by atoms with Gasteiger partial charge in [0.05, 0.1) is 17.7 Å². The fourth-order valence-corrected chi connectivity index (χ4v) is 3.52. The van der Waals surface area contributed by atoms with Crippen molar-refractivity contribution >= 4 is 25.6 Å². The van der Waals surface area contributed by atoms with E-state index in [4.69, 9.17) is 20.8 Å². The zero-order valence-electron chi connectivity index (χ0n) is 17.0. The van der Waals surface area contributed by atoms with Crippen LogP contribution < -0.4 is 4.74 Å². The lowest BCUT2D eigenvalue weighted by atomic mass is 10.2. The minimum absolute atomic E-state index is 0.0531.